The molecule has 0 unspecified atom stereocenters. The topological polar surface area (TPSA) is 164 Å². The van der Waals surface area contributed by atoms with E-state index in [0.29, 0.717) is 32.2 Å². The Labute approximate surface area is 179 Å². The molecule has 29 heavy (non-hydrogen) atoms. The van der Waals surface area contributed by atoms with Gasteiger partial charge in [-0.1, -0.05) is 41.0 Å². The third-order valence-corrected chi connectivity index (χ3v) is 5.78. The van der Waals surface area contributed by atoms with E-state index in [1.54, 1.807) is 18.2 Å². The second-order valence-electron chi connectivity index (χ2n) is 6.28. The number of benzene rings is 1. The number of aromatic nitrogens is 3. The maximum atomic E-state index is 10.4. The van der Waals surface area contributed by atoms with Crippen molar-refractivity contribution in [2.24, 2.45) is 5.10 Å². The number of nitrogens with zero attached hydrogens (tertiary/aromatic N) is 4. The van der Waals surface area contributed by atoms with Crippen LogP contribution < -0.4 is 0 Å². The molecule has 0 saturated carbocycles. The van der Waals surface area contributed by atoms with E-state index in [0.717, 1.165) is 0 Å². The van der Waals surface area contributed by atoms with Crippen LogP contribution in [0.4, 0.5) is 0 Å². The minimum absolute atomic E-state index is 0.188. The standard InChI is InChI=1S/C16H18Cl2N4O6S/c17-6-1-2-7(8(18)3-6)9-5-29-16-20-19-15(22(16)21-9)14(28)13(27)12(26)11(25)10(24)4-23/h1-3,10-14,23-28H,4-5H2/t10-,11-,12+,13-,14+/m1/s1. The number of halogens is 2. The van der Waals surface area contributed by atoms with Gasteiger partial charge in [-0.05, 0) is 12.1 Å². The first-order valence-electron chi connectivity index (χ1n) is 8.37. The van der Waals surface area contributed by atoms with Gasteiger partial charge < -0.3 is 30.6 Å². The summed E-state index contributed by atoms with van der Waals surface area (Å²) >= 11 is 13.4. The number of hydrogen-bond donors (Lipinski definition) is 6. The van der Waals surface area contributed by atoms with Gasteiger partial charge in [0.1, 0.15) is 30.5 Å². The monoisotopic (exact) mass is 464 g/mol. The first kappa shape index (κ1) is 22.4. The lowest BCUT2D eigenvalue weighted by atomic mass is 9.99. The highest BCUT2D eigenvalue weighted by atomic mass is 35.5. The van der Waals surface area contributed by atoms with Gasteiger partial charge in [0.15, 0.2) is 5.82 Å². The van der Waals surface area contributed by atoms with Crippen LogP contribution in [0.3, 0.4) is 0 Å². The fourth-order valence-corrected chi connectivity index (χ4v) is 4.01. The SMILES string of the molecule is OC[C@@H](O)[C@@H](O)[C@H](O)[C@@H](O)[C@H](O)c1nnc2n1N=C(c1ccc(Cl)cc1Cl)CS2. The Bertz CT molecular complexity index is 914. The Morgan fingerprint density at radius 2 is 1.76 bits per heavy atom. The molecule has 10 nitrogen and oxygen atoms in total. The Hall–Kier alpha value is -1.28. The normalized spacial score (nSPS) is 19.1. The zero-order valence-corrected chi connectivity index (χ0v) is 17.0. The maximum Gasteiger partial charge on any atom is 0.212 e. The molecular formula is C16H18Cl2N4O6S. The minimum atomic E-state index is -1.97. The van der Waals surface area contributed by atoms with Crippen LogP contribution in [-0.4, -0.2) is 88.0 Å². The summed E-state index contributed by atoms with van der Waals surface area (Å²) in [6.45, 7) is -0.840. The van der Waals surface area contributed by atoms with Crippen molar-refractivity contribution in [1.82, 2.24) is 14.9 Å². The maximum absolute atomic E-state index is 10.4. The van der Waals surface area contributed by atoms with Gasteiger partial charge in [0.2, 0.25) is 5.16 Å². The predicted octanol–water partition coefficient (Wildman–Crippen LogP) is -0.588. The molecule has 1 aliphatic rings. The molecular weight excluding hydrogens is 447 g/mol. The van der Waals surface area contributed by atoms with Crippen LogP contribution in [0.15, 0.2) is 28.5 Å². The van der Waals surface area contributed by atoms with Crippen LogP contribution in [0.5, 0.6) is 0 Å². The van der Waals surface area contributed by atoms with Crippen molar-refractivity contribution in [3.05, 3.63) is 39.6 Å². The molecule has 2 aromatic rings. The zero-order valence-electron chi connectivity index (χ0n) is 14.7. The van der Waals surface area contributed by atoms with Gasteiger partial charge in [-0.25, -0.2) is 0 Å². The molecule has 0 saturated heterocycles. The van der Waals surface area contributed by atoms with Crippen molar-refractivity contribution in [3.8, 4) is 0 Å². The van der Waals surface area contributed by atoms with E-state index in [1.165, 1.54) is 16.4 Å². The summed E-state index contributed by atoms with van der Waals surface area (Å²) in [5, 5.41) is 71.9. The molecule has 0 fully saturated rings. The minimum Gasteiger partial charge on any atom is -0.394 e. The van der Waals surface area contributed by atoms with E-state index in [9.17, 15) is 25.5 Å². The van der Waals surface area contributed by atoms with Gasteiger partial charge in [0.25, 0.3) is 0 Å². The molecule has 1 aliphatic heterocycles. The van der Waals surface area contributed by atoms with Crippen LogP contribution in [-0.2, 0) is 0 Å². The smallest absolute Gasteiger partial charge is 0.212 e. The average molecular weight is 465 g/mol. The van der Waals surface area contributed by atoms with Gasteiger partial charge in [-0.2, -0.15) is 9.78 Å². The van der Waals surface area contributed by atoms with E-state index in [-0.39, 0.29) is 5.82 Å². The van der Waals surface area contributed by atoms with Crippen LogP contribution in [0.2, 0.25) is 10.0 Å². The highest BCUT2D eigenvalue weighted by molar-refractivity contribution is 7.99. The molecule has 158 valence electrons. The van der Waals surface area contributed by atoms with E-state index in [2.05, 4.69) is 15.3 Å². The van der Waals surface area contributed by atoms with Crippen molar-refractivity contribution >= 4 is 40.7 Å². The number of aliphatic hydroxyl groups excluding tert-OH is 6. The average Bonchev–Trinajstić information content (AvgIpc) is 3.14. The third-order valence-electron chi connectivity index (χ3n) is 4.31. The van der Waals surface area contributed by atoms with Crippen molar-refractivity contribution < 1.29 is 30.6 Å². The van der Waals surface area contributed by atoms with Crippen molar-refractivity contribution in [2.75, 3.05) is 12.4 Å². The van der Waals surface area contributed by atoms with E-state index in [1.807, 2.05) is 0 Å². The molecule has 13 heteroatoms. The lowest BCUT2D eigenvalue weighted by Gasteiger charge is -2.28. The first-order valence-corrected chi connectivity index (χ1v) is 10.1. The molecule has 0 bridgehead atoms. The zero-order chi connectivity index (χ0) is 21.3. The fraction of sp³-hybridized carbons (Fsp3) is 0.438. The largest absolute Gasteiger partial charge is 0.394 e. The summed E-state index contributed by atoms with van der Waals surface area (Å²) in [4.78, 5) is 0. The van der Waals surface area contributed by atoms with Crippen LogP contribution >= 0.6 is 35.0 Å². The molecule has 1 aromatic heterocycles. The Balaban J connectivity index is 1.89. The molecule has 0 radical (unpaired) electrons. The molecule has 0 spiro atoms. The molecule has 3 rings (SSSR count). The fourth-order valence-electron chi connectivity index (χ4n) is 2.66. The van der Waals surface area contributed by atoms with Gasteiger partial charge in [0.05, 0.1) is 17.3 Å². The van der Waals surface area contributed by atoms with Crippen LogP contribution in [0.25, 0.3) is 0 Å². The van der Waals surface area contributed by atoms with Crippen LogP contribution in [0, 0.1) is 0 Å². The summed E-state index contributed by atoms with van der Waals surface area (Å²) in [5.74, 6) is 0.231. The highest BCUT2D eigenvalue weighted by Crippen LogP contribution is 2.30. The van der Waals surface area contributed by atoms with Crippen molar-refractivity contribution in [3.63, 3.8) is 0 Å². The second kappa shape index (κ2) is 9.25. The lowest BCUT2D eigenvalue weighted by Crippen LogP contribution is -2.48. The summed E-state index contributed by atoms with van der Waals surface area (Å²) in [6, 6.07) is 4.92. The van der Waals surface area contributed by atoms with Crippen molar-refractivity contribution in [1.29, 1.82) is 0 Å². The number of fused-ring (bicyclic) bond motifs is 1. The number of thioether (sulfide) groups is 1. The molecule has 0 amide bonds. The van der Waals surface area contributed by atoms with Gasteiger partial charge in [-0.3, -0.25) is 0 Å². The van der Waals surface area contributed by atoms with Crippen molar-refractivity contribution in [2.45, 2.75) is 35.7 Å². The summed E-state index contributed by atoms with van der Waals surface area (Å²) in [7, 11) is 0. The summed E-state index contributed by atoms with van der Waals surface area (Å²) in [5.41, 5.74) is 1.16. The highest BCUT2D eigenvalue weighted by Gasteiger charge is 2.37. The number of rotatable bonds is 7. The Morgan fingerprint density at radius 1 is 1.03 bits per heavy atom. The third kappa shape index (κ3) is 4.58. The van der Waals surface area contributed by atoms with Crippen LogP contribution in [0.1, 0.15) is 17.5 Å². The second-order valence-corrected chi connectivity index (χ2v) is 8.06. The molecule has 6 N–H and O–H groups in total. The molecule has 2 heterocycles. The predicted molar refractivity (Wildman–Crippen MR) is 105 cm³/mol. The van der Waals surface area contributed by atoms with Gasteiger partial charge in [0, 0.05) is 16.3 Å². The molecule has 1 aromatic carbocycles. The number of hydrogen-bond acceptors (Lipinski definition) is 10. The number of aliphatic hydroxyl groups is 6. The van der Waals surface area contributed by atoms with Gasteiger partial charge >= 0.3 is 0 Å². The molecule has 5 atom stereocenters. The molecule has 0 aliphatic carbocycles. The Kier molecular flexibility index (Phi) is 7.14. The van der Waals surface area contributed by atoms with E-state index < -0.39 is 37.1 Å². The quantitative estimate of drug-likeness (QED) is 0.314. The first-order chi connectivity index (χ1) is 13.7. The van der Waals surface area contributed by atoms with E-state index in [4.69, 9.17) is 28.3 Å². The summed E-state index contributed by atoms with van der Waals surface area (Å²) < 4.78 is 1.20. The summed E-state index contributed by atoms with van der Waals surface area (Å²) in [6.07, 6.45) is -9.30. The van der Waals surface area contributed by atoms with E-state index >= 15 is 0 Å². The lowest BCUT2D eigenvalue weighted by molar-refractivity contribution is -0.142. The van der Waals surface area contributed by atoms with Gasteiger partial charge in [-0.15, -0.1) is 10.2 Å². The Morgan fingerprint density at radius 3 is 2.41 bits per heavy atom.